The summed E-state index contributed by atoms with van der Waals surface area (Å²) in [4.78, 5) is 0. The highest BCUT2D eigenvalue weighted by atomic mass is 16.3. The minimum atomic E-state index is 0.102. The predicted octanol–water partition coefficient (Wildman–Crippen LogP) is 4.32. The average molecular weight is 259 g/mol. The van der Waals surface area contributed by atoms with Gasteiger partial charge >= 0.3 is 0 Å². The Morgan fingerprint density at radius 2 is 1.89 bits per heavy atom. The van der Waals surface area contributed by atoms with E-state index in [1.54, 1.807) is 0 Å². The SMILES string of the molecule is CCc1cc(C(C)(C)C)c2oc(CNC)c(C)c2c1. The maximum Gasteiger partial charge on any atom is 0.138 e. The van der Waals surface area contributed by atoms with Crippen molar-refractivity contribution in [3.8, 4) is 0 Å². The molecule has 1 heterocycles. The van der Waals surface area contributed by atoms with Gasteiger partial charge in [0.1, 0.15) is 11.3 Å². The molecule has 0 unspecified atom stereocenters. The average Bonchev–Trinajstić information content (AvgIpc) is 2.65. The van der Waals surface area contributed by atoms with E-state index in [9.17, 15) is 0 Å². The summed E-state index contributed by atoms with van der Waals surface area (Å²) in [5, 5.41) is 4.45. The first-order valence-electron chi connectivity index (χ1n) is 7.08. The Labute approximate surface area is 116 Å². The highest BCUT2D eigenvalue weighted by Gasteiger charge is 2.22. The Morgan fingerprint density at radius 1 is 1.21 bits per heavy atom. The van der Waals surface area contributed by atoms with Gasteiger partial charge in [0.05, 0.1) is 6.54 Å². The van der Waals surface area contributed by atoms with Gasteiger partial charge in [0.15, 0.2) is 0 Å². The van der Waals surface area contributed by atoms with Gasteiger partial charge in [-0.15, -0.1) is 0 Å². The minimum absolute atomic E-state index is 0.102. The molecule has 0 amide bonds. The maximum absolute atomic E-state index is 6.13. The van der Waals surface area contributed by atoms with Crippen molar-refractivity contribution in [2.45, 2.75) is 53.0 Å². The lowest BCUT2D eigenvalue weighted by atomic mass is 9.84. The van der Waals surface area contributed by atoms with E-state index in [1.807, 2.05) is 7.05 Å². The lowest BCUT2D eigenvalue weighted by molar-refractivity contribution is 0.509. The molecule has 0 aliphatic rings. The summed E-state index contributed by atoms with van der Waals surface area (Å²) in [6, 6.07) is 4.58. The minimum Gasteiger partial charge on any atom is -0.459 e. The van der Waals surface area contributed by atoms with Gasteiger partial charge in [-0.3, -0.25) is 0 Å². The van der Waals surface area contributed by atoms with Crippen molar-refractivity contribution < 1.29 is 4.42 Å². The topological polar surface area (TPSA) is 25.2 Å². The molecule has 0 spiro atoms. The summed E-state index contributed by atoms with van der Waals surface area (Å²) in [5.74, 6) is 1.05. The van der Waals surface area contributed by atoms with E-state index in [1.165, 1.54) is 22.1 Å². The van der Waals surface area contributed by atoms with Crippen molar-refractivity contribution in [3.63, 3.8) is 0 Å². The summed E-state index contributed by atoms with van der Waals surface area (Å²) in [5.41, 5.74) is 5.13. The molecule has 0 saturated heterocycles. The first kappa shape index (κ1) is 14.1. The molecule has 2 aromatic rings. The first-order valence-corrected chi connectivity index (χ1v) is 7.08. The van der Waals surface area contributed by atoms with Gasteiger partial charge in [-0.1, -0.05) is 33.8 Å². The van der Waals surface area contributed by atoms with Gasteiger partial charge in [0.2, 0.25) is 0 Å². The van der Waals surface area contributed by atoms with E-state index >= 15 is 0 Å². The number of fused-ring (bicyclic) bond motifs is 1. The lowest BCUT2D eigenvalue weighted by Crippen LogP contribution is -2.12. The fraction of sp³-hybridized carbons (Fsp3) is 0.529. The Morgan fingerprint density at radius 3 is 2.42 bits per heavy atom. The zero-order chi connectivity index (χ0) is 14.2. The van der Waals surface area contributed by atoms with Crippen LogP contribution in [-0.2, 0) is 18.4 Å². The van der Waals surface area contributed by atoms with Gasteiger partial charge in [-0.05, 0) is 43.0 Å². The predicted molar refractivity (Wildman–Crippen MR) is 81.8 cm³/mol. The van der Waals surface area contributed by atoms with Crippen LogP contribution in [0.5, 0.6) is 0 Å². The quantitative estimate of drug-likeness (QED) is 0.888. The zero-order valence-electron chi connectivity index (χ0n) is 13.0. The van der Waals surface area contributed by atoms with E-state index in [0.29, 0.717) is 0 Å². The zero-order valence-corrected chi connectivity index (χ0v) is 13.0. The van der Waals surface area contributed by atoms with Crippen molar-refractivity contribution in [2.24, 2.45) is 0 Å². The molecule has 1 aromatic heterocycles. The molecule has 19 heavy (non-hydrogen) atoms. The van der Waals surface area contributed by atoms with E-state index in [0.717, 1.165) is 24.3 Å². The highest BCUT2D eigenvalue weighted by molar-refractivity contribution is 5.86. The number of aryl methyl sites for hydroxylation is 2. The molecule has 2 heteroatoms. The number of rotatable bonds is 3. The highest BCUT2D eigenvalue weighted by Crippen LogP contribution is 2.35. The third-order valence-corrected chi connectivity index (χ3v) is 3.75. The molecule has 0 atom stereocenters. The number of hydrogen-bond acceptors (Lipinski definition) is 2. The molecule has 0 aliphatic heterocycles. The first-order chi connectivity index (χ1) is 8.88. The molecule has 1 N–H and O–H groups in total. The summed E-state index contributed by atoms with van der Waals surface area (Å²) < 4.78 is 6.13. The Balaban J connectivity index is 2.76. The smallest absolute Gasteiger partial charge is 0.138 e. The second-order valence-corrected chi connectivity index (χ2v) is 6.30. The molecule has 0 saturated carbocycles. The fourth-order valence-electron chi connectivity index (χ4n) is 2.52. The normalized spacial score (nSPS) is 12.3. The van der Waals surface area contributed by atoms with E-state index in [2.05, 4.69) is 52.1 Å². The van der Waals surface area contributed by atoms with Crippen LogP contribution < -0.4 is 5.32 Å². The monoisotopic (exact) mass is 259 g/mol. The van der Waals surface area contributed by atoms with E-state index < -0.39 is 0 Å². The summed E-state index contributed by atoms with van der Waals surface area (Å²) in [7, 11) is 1.95. The number of hydrogen-bond donors (Lipinski definition) is 1. The standard InChI is InChI=1S/C17H25NO/c1-7-12-8-13-11(2)15(10-18-6)19-16(13)14(9-12)17(3,4)5/h8-9,18H,7,10H2,1-6H3. The van der Waals surface area contributed by atoms with Crippen LogP contribution in [-0.4, -0.2) is 7.05 Å². The number of nitrogens with one attached hydrogen (secondary N) is 1. The van der Waals surface area contributed by atoms with Crippen molar-refractivity contribution in [1.29, 1.82) is 0 Å². The third kappa shape index (κ3) is 2.55. The second-order valence-electron chi connectivity index (χ2n) is 6.30. The Bertz CT molecular complexity index is 587. The molecule has 2 nitrogen and oxygen atoms in total. The number of furan rings is 1. The molecule has 0 bridgehead atoms. The largest absolute Gasteiger partial charge is 0.459 e. The third-order valence-electron chi connectivity index (χ3n) is 3.75. The van der Waals surface area contributed by atoms with Crippen LogP contribution in [0.4, 0.5) is 0 Å². The van der Waals surface area contributed by atoms with Crippen molar-refractivity contribution >= 4 is 11.0 Å². The molecule has 0 aliphatic carbocycles. The van der Waals surface area contributed by atoms with Crippen LogP contribution in [0.3, 0.4) is 0 Å². The van der Waals surface area contributed by atoms with Gasteiger partial charge in [0.25, 0.3) is 0 Å². The van der Waals surface area contributed by atoms with Gasteiger partial charge in [-0.25, -0.2) is 0 Å². The van der Waals surface area contributed by atoms with Crippen LogP contribution in [0.1, 0.15) is 50.1 Å². The molecular weight excluding hydrogens is 234 g/mol. The number of benzene rings is 1. The fourth-order valence-corrected chi connectivity index (χ4v) is 2.52. The molecular formula is C17H25NO. The molecule has 2 rings (SSSR count). The summed E-state index contributed by atoms with van der Waals surface area (Å²) in [6.45, 7) is 11.9. The van der Waals surface area contributed by atoms with Gasteiger partial charge in [0, 0.05) is 10.9 Å². The van der Waals surface area contributed by atoms with E-state index in [-0.39, 0.29) is 5.41 Å². The summed E-state index contributed by atoms with van der Waals surface area (Å²) in [6.07, 6.45) is 1.06. The summed E-state index contributed by atoms with van der Waals surface area (Å²) >= 11 is 0. The molecule has 104 valence electrons. The van der Waals surface area contributed by atoms with Crippen LogP contribution >= 0.6 is 0 Å². The van der Waals surface area contributed by atoms with Crippen molar-refractivity contribution in [2.75, 3.05) is 7.05 Å². The van der Waals surface area contributed by atoms with Crippen LogP contribution in [0, 0.1) is 6.92 Å². The lowest BCUT2D eigenvalue weighted by Gasteiger charge is -2.20. The van der Waals surface area contributed by atoms with E-state index in [4.69, 9.17) is 4.42 Å². The Hall–Kier alpha value is -1.28. The maximum atomic E-state index is 6.13. The van der Waals surface area contributed by atoms with Crippen LogP contribution in [0.2, 0.25) is 0 Å². The van der Waals surface area contributed by atoms with Gasteiger partial charge < -0.3 is 9.73 Å². The van der Waals surface area contributed by atoms with Crippen molar-refractivity contribution in [1.82, 2.24) is 5.32 Å². The van der Waals surface area contributed by atoms with Gasteiger partial charge in [-0.2, -0.15) is 0 Å². The molecule has 1 aromatic carbocycles. The molecule has 0 radical (unpaired) electrons. The molecule has 0 fully saturated rings. The van der Waals surface area contributed by atoms with Crippen LogP contribution in [0.15, 0.2) is 16.5 Å². The Kier molecular flexibility index (Phi) is 3.73. The van der Waals surface area contributed by atoms with Crippen LogP contribution in [0.25, 0.3) is 11.0 Å². The van der Waals surface area contributed by atoms with Crippen molar-refractivity contribution in [3.05, 3.63) is 34.6 Å². The second kappa shape index (κ2) is 5.01.